The zero-order valence-corrected chi connectivity index (χ0v) is 19.1. The van der Waals surface area contributed by atoms with Crippen LogP contribution >= 0.6 is 0 Å². The minimum absolute atomic E-state index is 0. The van der Waals surface area contributed by atoms with Crippen molar-refractivity contribution in [3.63, 3.8) is 0 Å². The number of halogens is 3. The topological polar surface area (TPSA) is 134 Å². The summed E-state index contributed by atoms with van der Waals surface area (Å²) in [6.45, 7) is 1.93. The van der Waals surface area contributed by atoms with Gasteiger partial charge in [-0.1, -0.05) is 5.16 Å². The zero-order chi connectivity index (χ0) is 25.7. The highest BCUT2D eigenvalue weighted by atomic mass is 19.3. The van der Waals surface area contributed by atoms with E-state index in [0.717, 1.165) is 4.90 Å². The zero-order valence-electron chi connectivity index (χ0n) is 19.1. The van der Waals surface area contributed by atoms with Crippen molar-refractivity contribution in [3.05, 3.63) is 23.1 Å². The molecule has 0 saturated carbocycles. The quantitative estimate of drug-likeness (QED) is 0.548. The molecule has 1 aromatic heterocycles. The number of morpholine rings is 1. The number of imide groups is 2. The second-order valence-electron chi connectivity index (χ2n) is 9.76. The Bertz CT molecular complexity index is 1350. The molecule has 3 fully saturated rings. The van der Waals surface area contributed by atoms with Gasteiger partial charge < -0.3 is 19.1 Å². The third-order valence-corrected chi connectivity index (χ3v) is 7.30. The van der Waals surface area contributed by atoms with Gasteiger partial charge in [-0.3, -0.25) is 25.0 Å². The van der Waals surface area contributed by atoms with Crippen LogP contribution in [0, 0.1) is 11.2 Å². The number of nitrogens with zero attached hydrogens (tertiary/aromatic N) is 3. The summed E-state index contributed by atoms with van der Waals surface area (Å²) >= 11 is 0. The number of rotatable bonds is 1. The van der Waals surface area contributed by atoms with Gasteiger partial charge in [0.25, 0.3) is 11.8 Å². The van der Waals surface area contributed by atoms with Gasteiger partial charge in [-0.05, 0) is 25.5 Å². The molecule has 11 nitrogen and oxygen atoms in total. The van der Waals surface area contributed by atoms with Crippen LogP contribution in [-0.4, -0.2) is 77.6 Å². The molecular weight excluding hydrogens is 487 g/mol. The fraction of sp³-hybridized carbons (Fsp3) is 0.500. The molecule has 1 aromatic carbocycles. The second-order valence-corrected chi connectivity index (χ2v) is 9.76. The van der Waals surface area contributed by atoms with Crippen molar-refractivity contribution in [2.75, 3.05) is 24.5 Å². The number of urea groups is 1. The lowest BCUT2D eigenvalue weighted by Gasteiger charge is -2.55. The van der Waals surface area contributed by atoms with Gasteiger partial charge in [0.05, 0.1) is 42.4 Å². The maximum absolute atomic E-state index is 16.0. The first kappa shape index (κ1) is 22.8. The average Bonchev–Trinajstić information content (AvgIpc) is 3.18. The number of carbonyl (C=O) groups is 4. The van der Waals surface area contributed by atoms with Gasteiger partial charge in [-0.15, -0.1) is 0 Å². The van der Waals surface area contributed by atoms with Crippen LogP contribution in [0.25, 0.3) is 11.0 Å². The summed E-state index contributed by atoms with van der Waals surface area (Å²) in [5, 5.41) is 7.85. The van der Waals surface area contributed by atoms with Gasteiger partial charge in [0.2, 0.25) is 17.4 Å². The number of aromatic nitrogens is 1. The van der Waals surface area contributed by atoms with Crippen molar-refractivity contribution in [1.82, 2.24) is 20.7 Å². The van der Waals surface area contributed by atoms with Crippen molar-refractivity contribution in [3.8, 4) is 0 Å². The number of barbiturate groups is 1. The number of carbonyl (C=O) groups excluding carboxylic acids is 4. The summed E-state index contributed by atoms with van der Waals surface area (Å²) in [7, 11) is 0. The molecule has 2 N–H and O–H groups in total. The highest BCUT2D eigenvalue weighted by Gasteiger charge is 2.63. The van der Waals surface area contributed by atoms with Crippen molar-refractivity contribution >= 4 is 40.4 Å². The van der Waals surface area contributed by atoms with E-state index in [1.165, 1.54) is 6.07 Å². The number of benzene rings is 1. The molecule has 36 heavy (non-hydrogen) atoms. The molecule has 192 valence electrons. The fourth-order valence-corrected chi connectivity index (χ4v) is 5.91. The van der Waals surface area contributed by atoms with Crippen LogP contribution < -0.4 is 15.5 Å². The standard InChI is InChI=1S/C22H20F3N5O6.H2/c1-8-5-30-14-10(4-22(16(30)9(2)35-8)18(32)26-20(34)27-19(22)33)3-11-13(28-36-15(11)12(14)23)17(31)29-6-21(24,25)7-29;/h3,8-9,16H,4-7H2,1-2H3,(H2,26,27,32,33,34);1H/t8-,9+,16-;/m1./s1. The van der Waals surface area contributed by atoms with Crippen LogP contribution in [0.3, 0.4) is 0 Å². The Morgan fingerprint density at radius 3 is 2.50 bits per heavy atom. The summed E-state index contributed by atoms with van der Waals surface area (Å²) in [6.07, 6.45) is -1.42. The highest BCUT2D eigenvalue weighted by Crippen LogP contribution is 2.49. The summed E-state index contributed by atoms with van der Waals surface area (Å²) in [5.41, 5.74) is -2.29. The molecule has 5 amide bonds. The largest absolute Gasteiger partial charge is 0.372 e. The van der Waals surface area contributed by atoms with Crippen molar-refractivity contribution in [1.29, 1.82) is 0 Å². The Hall–Kier alpha value is -3.68. The predicted molar refractivity (Wildman–Crippen MR) is 116 cm³/mol. The number of likely N-dealkylation sites (tertiary alicyclic amines) is 1. The molecule has 5 heterocycles. The molecule has 4 aliphatic heterocycles. The number of hydrogen-bond donors (Lipinski definition) is 2. The third kappa shape index (κ3) is 2.93. The maximum atomic E-state index is 16.0. The van der Waals surface area contributed by atoms with E-state index in [4.69, 9.17) is 9.26 Å². The smallest absolute Gasteiger partial charge is 0.328 e. The first-order valence-corrected chi connectivity index (χ1v) is 11.3. The number of nitrogens with one attached hydrogen (secondary N) is 2. The Morgan fingerprint density at radius 1 is 1.19 bits per heavy atom. The fourth-order valence-electron chi connectivity index (χ4n) is 5.91. The normalized spacial score (nSPS) is 28.4. The lowest BCUT2D eigenvalue weighted by Crippen LogP contribution is -2.75. The predicted octanol–water partition coefficient (Wildman–Crippen LogP) is 1.19. The van der Waals surface area contributed by atoms with Gasteiger partial charge in [0.15, 0.2) is 16.9 Å². The molecule has 0 radical (unpaired) electrons. The minimum Gasteiger partial charge on any atom is -0.372 e. The number of amides is 5. The van der Waals surface area contributed by atoms with Crippen LogP contribution in [0.5, 0.6) is 0 Å². The lowest BCUT2D eigenvalue weighted by molar-refractivity contribution is -0.153. The monoisotopic (exact) mass is 509 g/mol. The van der Waals surface area contributed by atoms with Gasteiger partial charge in [0, 0.05) is 14.4 Å². The van der Waals surface area contributed by atoms with Crippen molar-refractivity contribution in [2.45, 2.75) is 44.4 Å². The molecule has 0 bridgehead atoms. The van der Waals surface area contributed by atoms with Crippen LogP contribution in [0.2, 0.25) is 0 Å². The molecule has 3 atom stereocenters. The van der Waals surface area contributed by atoms with Gasteiger partial charge in [-0.25, -0.2) is 18.0 Å². The van der Waals surface area contributed by atoms with E-state index in [0.29, 0.717) is 0 Å². The van der Waals surface area contributed by atoms with Crippen LogP contribution in [0.15, 0.2) is 10.6 Å². The van der Waals surface area contributed by atoms with E-state index in [9.17, 15) is 28.0 Å². The van der Waals surface area contributed by atoms with E-state index < -0.39 is 72.2 Å². The summed E-state index contributed by atoms with van der Waals surface area (Å²) < 4.78 is 53.6. The number of anilines is 1. The number of ether oxygens (including phenoxy) is 1. The molecule has 6 rings (SSSR count). The van der Waals surface area contributed by atoms with Crippen LogP contribution in [0.1, 0.15) is 31.3 Å². The Balaban J connectivity index is 0.00000280. The molecule has 4 aliphatic rings. The van der Waals surface area contributed by atoms with Gasteiger partial charge >= 0.3 is 6.03 Å². The van der Waals surface area contributed by atoms with Gasteiger partial charge in [-0.2, -0.15) is 0 Å². The lowest BCUT2D eigenvalue weighted by atomic mass is 9.66. The molecule has 0 aliphatic carbocycles. The summed E-state index contributed by atoms with van der Waals surface area (Å²) in [4.78, 5) is 53.5. The number of hydrogen-bond acceptors (Lipinski definition) is 8. The number of fused-ring (bicyclic) bond motifs is 5. The first-order valence-electron chi connectivity index (χ1n) is 11.3. The molecule has 1 spiro atoms. The van der Waals surface area contributed by atoms with E-state index in [-0.39, 0.29) is 42.3 Å². The maximum Gasteiger partial charge on any atom is 0.328 e. The average molecular weight is 509 g/mol. The van der Waals surface area contributed by atoms with E-state index >= 15 is 4.39 Å². The molecule has 14 heteroatoms. The van der Waals surface area contributed by atoms with E-state index in [1.807, 2.05) is 0 Å². The highest BCUT2D eigenvalue weighted by molar-refractivity contribution is 6.20. The van der Waals surface area contributed by atoms with Gasteiger partial charge in [0.1, 0.15) is 0 Å². The molecule has 3 saturated heterocycles. The number of alkyl halides is 2. The first-order chi connectivity index (χ1) is 16.9. The van der Waals surface area contributed by atoms with Crippen LogP contribution in [-0.2, 0) is 20.7 Å². The van der Waals surface area contributed by atoms with E-state index in [1.54, 1.807) is 18.7 Å². The van der Waals surface area contributed by atoms with E-state index in [2.05, 4.69) is 15.8 Å². The Morgan fingerprint density at radius 2 is 1.86 bits per heavy atom. The molecule has 0 unspecified atom stereocenters. The molecular formula is C22H22F3N5O6. The van der Waals surface area contributed by atoms with Crippen molar-refractivity contribution in [2.24, 2.45) is 5.41 Å². The second kappa shape index (κ2) is 7.18. The Labute approximate surface area is 202 Å². The van der Waals surface area contributed by atoms with Crippen LogP contribution in [0.4, 0.5) is 23.7 Å². The van der Waals surface area contributed by atoms with Crippen molar-refractivity contribution < 1.29 is 43.0 Å². The Kier molecular flexibility index (Phi) is 4.54. The molecule has 2 aromatic rings. The summed E-state index contributed by atoms with van der Waals surface area (Å²) in [6, 6.07) is -0.547. The third-order valence-electron chi connectivity index (χ3n) is 7.30. The summed E-state index contributed by atoms with van der Waals surface area (Å²) in [5.74, 6) is -6.44. The minimum atomic E-state index is -3.01. The SMILES string of the molecule is C[C@@H]1CN2c3c(cc4c(C(=O)N5CC(F)(F)C5)noc4c3F)CC3(C(=O)NC(=O)NC3=O)[C@H]2[C@H](C)O1.[HH].